The van der Waals surface area contributed by atoms with Crippen molar-refractivity contribution < 1.29 is 14.3 Å². The molecule has 0 aliphatic heterocycles. The molecule has 4 heteroatoms. The molecule has 1 atom stereocenters. The normalized spacial score (nSPS) is 23.1. The molecular formula is C12H13ClO3. The van der Waals surface area contributed by atoms with Gasteiger partial charge in [-0.3, -0.25) is 4.79 Å². The van der Waals surface area contributed by atoms with E-state index in [4.69, 9.17) is 21.1 Å². The van der Waals surface area contributed by atoms with Gasteiger partial charge < -0.3 is 9.47 Å². The number of ketones is 1. The number of fused-ring (bicyclic) bond motifs is 1. The Morgan fingerprint density at radius 3 is 2.38 bits per heavy atom. The van der Waals surface area contributed by atoms with E-state index in [9.17, 15) is 4.79 Å². The molecule has 0 heterocycles. The van der Waals surface area contributed by atoms with Crippen molar-refractivity contribution in [1.82, 2.24) is 0 Å². The number of hydrogen-bond acceptors (Lipinski definition) is 3. The van der Waals surface area contributed by atoms with E-state index in [-0.39, 0.29) is 5.78 Å². The van der Waals surface area contributed by atoms with Gasteiger partial charge in [0, 0.05) is 5.56 Å². The second-order valence-corrected chi connectivity index (χ2v) is 4.90. The van der Waals surface area contributed by atoms with Crippen LogP contribution >= 0.6 is 11.6 Å². The van der Waals surface area contributed by atoms with Crippen molar-refractivity contribution in [1.29, 1.82) is 0 Å². The third kappa shape index (κ3) is 1.55. The van der Waals surface area contributed by atoms with Crippen molar-refractivity contribution in [2.24, 2.45) is 0 Å². The predicted octanol–water partition coefficient (Wildman–Crippen LogP) is 2.44. The first kappa shape index (κ1) is 11.3. The lowest BCUT2D eigenvalue weighted by atomic mass is 10.1. The molecule has 1 aromatic rings. The summed E-state index contributed by atoms with van der Waals surface area (Å²) in [5.41, 5.74) is 1.55. The summed E-state index contributed by atoms with van der Waals surface area (Å²) in [5.74, 6) is 1.14. The number of halogens is 1. The molecule has 0 bridgehead atoms. The van der Waals surface area contributed by atoms with E-state index in [1.807, 2.05) is 6.07 Å². The summed E-state index contributed by atoms with van der Waals surface area (Å²) in [7, 11) is 3.12. The van der Waals surface area contributed by atoms with E-state index in [0.717, 1.165) is 5.56 Å². The highest BCUT2D eigenvalue weighted by Gasteiger charge is 2.40. The summed E-state index contributed by atoms with van der Waals surface area (Å²) < 4.78 is 10.3. The molecule has 0 saturated carbocycles. The monoisotopic (exact) mass is 240 g/mol. The molecular weight excluding hydrogens is 228 g/mol. The molecule has 0 aromatic heterocycles. The third-order valence-corrected chi connectivity index (χ3v) is 3.16. The number of hydrogen-bond donors (Lipinski definition) is 0. The van der Waals surface area contributed by atoms with Crippen LogP contribution in [0, 0.1) is 0 Å². The molecule has 16 heavy (non-hydrogen) atoms. The fraction of sp³-hybridized carbons (Fsp3) is 0.417. The number of Topliss-reactive ketones (excluding diaryl/α,β-unsaturated/α-hetero) is 1. The van der Waals surface area contributed by atoms with Crippen LogP contribution in [0.2, 0.25) is 0 Å². The first-order valence-corrected chi connectivity index (χ1v) is 5.36. The Labute approximate surface area is 99.3 Å². The van der Waals surface area contributed by atoms with Gasteiger partial charge in [-0.2, -0.15) is 0 Å². The molecule has 1 aromatic carbocycles. The van der Waals surface area contributed by atoms with Gasteiger partial charge in [-0.15, -0.1) is 11.6 Å². The van der Waals surface area contributed by atoms with Crippen LogP contribution in [0.3, 0.4) is 0 Å². The van der Waals surface area contributed by atoms with Crippen LogP contribution in [0.4, 0.5) is 0 Å². The van der Waals surface area contributed by atoms with Gasteiger partial charge in [-0.05, 0) is 31.0 Å². The van der Waals surface area contributed by atoms with Gasteiger partial charge in [0.15, 0.2) is 17.3 Å². The van der Waals surface area contributed by atoms with Gasteiger partial charge in [0.05, 0.1) is 14.2 Å². The summed E-state index contributed by atoms with van der Waals surface area (Å²) in [6, 6.07) is 3.52. The van der Waals surface area contributed by atoms with Gasteiger partial charge in [0.1, 0.15) is 4.87 Å². The maximum absolute atomic E-state index is 12.0. The van der Waals surface area contributed by atoms with Crippen molar-refractivity contribution in [2.45, 2.75) is 18.2 Å². The summed E-state index contributed by atoms with van der Waals surface area (Å²) in [6.45, 7) is 1.73. The van der Waals surface area contributed by atoms with Crippen LogP contribution in [0.5, 0.6) is 11.5 Å². The second-order valence-electron chi connectivity index (χ2n) is 4.07. The number of carbonyl (C=O) groups is 1. The summed E-state index contributed by atoms with van der Waals surface area (Å²) in [4.78, 5) is 11.1. The van der Waals surface area contributed by atoms with E-state index >= 15 is 0 Å². The quantitative estimate of drug-likeness (QED) is 0.745. The average molecular weight is 241 g/mol. The molecule has 2 rings (SSSR count). The van der Waals surface area contributed by atoms with Crippen LogP contribution in [-0.4, -0.2) is 24.9 Å². The van der Waals surface area contributed by atoms with Crippen molar-refractivity contribution in [3.8, 4) is 11.5 Å². The number of methoxy groups -OCH3 is 2. The molecule has 86 valence electrons. The minimum atomic E-state index is -0.834. The maximum Gasteiger partial charge on any atom is 0.184 e. The third-order valence-electron chi connectivity index (χ3n) is 2.85. The zero-order chi connectivity index (χ0) is 11.9. The predicted molar refractivity (Wildman–Crippen MR) is 61.8 cm³/mol. The van der Waals surface area contributed by atoms with Gasteiger partial charge in [0.25, 0.3) is 0 Å². The standard InChI is InChI=1S/C12H13ClO3/c1-12(13)6-7-4-9(15-2)10(16-3)5-8(7)11(12)14/h4-5H,6H2,1-3H3. The highest BCUT2D eigenvalue weighted by Crippen LogP contribution is 2.40. The lowest BCUT2D eigenvalue weighted by Crippen LogP contribution is -2.24. The zero-order valence-electron chi connectivity index (χ0n) is 9.46. The Bertz CT molecular complexity index is 452. The molecule has 1 aliphatic carbocycles. The zero-order valence-corrected chi connectivity index (χ0v) is 10.2. The molecule has 1 unspecified atom stereocenters. The minimum absolute atomic E-state index is 0.0508. The van der Waals surface area contributed by atoms with E-state index in [1.54, 1.807) is 27.2 Å². The van der Waals surface area contributed by atoms with Crippen molar-refractivity contribution in [3.63, 3.8) is 0 Å². The fourth-order valence-corrected chi connectivity index (χ4v) is 2.24. The van der Waals surface area contributed by atoms with Crippen molar-refractivity contribution in [2.75, 3.05) is 14.2 Å². The Morgan fingerprint density at radius 1 is 1.25 bits per heavy atom. The van der Waals surface area contributed by atoms with Crippen LogP contribution in [0.15, 0.2) is 12.1 Å². The molecule has 3 nitrogen and oxygen atoms in total. The second kappa shape index (κ2) is 3.67. The molecule has 0 spiro atoms. The number of ether oxygens (including phenoxy) is 2. The Kier molecular flexibility index (Phi) is 2.58. The molecule has 0 N–H and O–H groups in total. The molecule has 0 fully saturated rings. The fourth-order valence-electron chi connectivity index (χ4n) is 2.00. The van der Waals surface area contributed by atoms with E-state index < -0.39 is 4.87 Å². The number of rotatable bonds is 2. The average Bonchev–Trinajstić information content (AvgIpc) is 2.48. The van der Waals surface area contributed by atoms with E-state index in [2.05, 4.69) is 0 Å². The molecule has 0 saturated heterocycles. The first-order chi connectivity index (χ1) is 7.49. The van der Waals surface area contributed by atoms with Gasteiger partial charge >= 0.3 is 0 Å². The molecule has 0 amide bonds. The lowest BCUT2D eigenvalue weighted by Gasteiger charge is -2.09. The number of benzene rings is 1. The molecule has 1 aliphatic rings. The Morgan fingerprint density at radius 2 is 1.81 bits per heavy atom. The van der Waals surface area contributed by atoms with Gasteiger partial charge in [-0.25, -0.2) is 0 Å². The topological polar surface area (TPSA) is 35.5 Å². The highest BCUT2D eigenvalue weighted by atomic mass is 35.5. The SMILES string of the molecule is COc1cc2c(cc1OC)C(=O)C(C)(Cl)C2. The van der Waals surface area contributed by atoms with Crippen molar-refractivity contribution in [3.05, 3.63) is 23.3 Å². The summed E-state index contributed by atoms with van der Waals surface area (Å²) in [6.07, 6.45) is 0.531. The number of alkyl halides is 1. The highest BCUT2D eigenvalue weighted by molar-refractivity contribution is 6.39. The summed E-state index contributed by atoms with van der Waals surface area (Å²) >= 11 is 6.14. The van der Waals surface area contributed by atoms with Crippen LogP contribution < -0.4 is 9.47 Å². The Balaban J connectivity index is 2.56. The van der Waals surface area contributed by atoms with Crippen LogP contribution in [-0.2, 0) is 6.42 Å². The maximum atomic E-state index is 12.0. The van der Waals surface area contributed by atoms with Crippen LogP contribution in [0.1, 0.15) is 22.8 Å². The van der Waals surface area contributed by atoms with Crippen molar-refractivity contribution >= 4 is 17.4 Å². The van der Waals surface area contributed by atoms with E-state index in [0.29, 0.717) is 23.5 Å². The summed E-state index contributed by atoms with van der Waals surface area (Å²) in [5, 5.41) is 0. The van der Waals surface area contributed by atoms with Gasteiger partial charge in [0.2, 0.25) is 0 Å². The smallest absolute Gasteiger partial charge is 0.184 e. The van der Waals surface area contributed by atoms with Crippen LogP contribution in [0.25, 0.3) is 0 Å². The van der Waals surface area contributed by atoms with Gasteiger partial charge in [-0.1, -0.05) is 0 Å². The molecule has 0 radical (unpaired) electrons. The largest absolute Gasteiger partial charge is 0.493 e. The first-order valence-electron chi connectivity index (χ1n) is 4.98. The Hall–Kier alpha value is -1.22. The minimum Gasteiger partial charge on any atom is -0.493 e. The number of carbonyl (C=O) groups excluding carboxylic acids is 1. The van der Waals surface area contributed by atoms with E-state index in [1.165, 1.54) is 0 Å². The lowest BCUT2D eigenvalue weighted by molar-refractivity contribution is 0.0961.